The molecule has 0 saturated carbocycles. The predicted molar refractivity (Wildman–Crippen MR) is 115 cm³/mol. The number of ether oxygens (including phenoxy) is 1. The van der Waals surface area contributed by atoms with E-state index in [2.05, 4.69) is 13.8 Å². The minimum Gasteiger partial charge on any atom is -0.381 e. The van der Waals surface area contributed by atoms with Gasteiger partial charge in [0, 0.05) is 13.2 Å². The van der Waals surface area contributed by atoms with Gasteiger partial charge < -0.3 is 4.74 Å². The van der Waals surface area contributed by atoms with E-state index < -0.39 is 0 Å². The highest BCUT2D eigenvalue weighted by atomic mass is 16.5. The summed E-state index contributed by atoms with van der Waals surface area (Å²) >= 11 is 0. The normalized spacial score (nSPS) is 11.3. The van der Waals surface area contributed by atoms with E-state index in [1.54, 1.807) is 0 Å². The zero-order valence-corrected chi connectivity index (χ0v) is 18.0. The lowest BCUT2D eigenvalue weighted by Crippen LogP contribution is -1.96. The summed E-state index contributed by atoms with van der Waals surface area (Å²) in [7, 11) is 0. The second kappa shape index (κ2) is 24.0. The highest BCUT2D eigenvalue weighted by Gasteiger charge is 1.95. The van der Waals surface area contributed by atoms with E-state index in [0.29, 0.717) is 0 Å². The minimum atomic E-state index is 0.968. The lowest BCUT2D eigenvalue weighted by Gasteiger charge is -2.04. The molecule has 0 aliphatic heterocycles. The lowest BCUT2D eigenvalue weighted by atomic mass is 10.0. The molecule has 1 heteroatoms. The maximum atomic E-state index is 5.60. The number of hydrogen-bond acceptors (Lipinski definition) is 1. The van der Waals surface area contributed by atoms with Crippen LogP contribution in [-0.4, -0.2) is 13.2 Å². The third-order valence-corrected chi connectivity index (χ3v) is 5.28. The fraction of sp³-hybridized carbons (Fsp3) is 1.00. The molecular formula is C24H50O. The molecule has 0 aliphatic rings. The van der Waals surface area contributed by atoms with Gasteiger partial charge in [-0.25, -0.2) is 0 Å². The van der Waals surface area contributed by atoms with Gasteiger partial charge in [-0.3, -0.25) is 0 Å². The van der Waals surface area contributed by atoms with Crippen LogP contribution in [0, 0.1) is 0 Å². The third-order valence-electron chi connectivity index (χ3n) is 5.28. The van der Waals surface area contributed by atoms with Crippen LogP contribution in [0.5, 0.6) is 0 Å². The fourth-order valence-corrected chi connectivity index (χ4v) is 3.45. The quantitative estimate of drug-likeness (QED) is 0.176. The Labute approximate surface area is 160 Å². The van der Waals surface area contributed by atoms with Gasteiger partial charge in [0.1, 0.15) is 0 Å². The Morgan fingerprint density at radius 1 is 0.320 bits per heavy atom. The summed E-state index contributed by atoms with van der Waals surface area (Å²) in [5.74, 6) is 0. The summed E-state index contributed by atoms with van der Waals surface area (Å²) in [6.07, 6.45) is 28.4. The Bertz CT molecular complexity index is 192. The van der Waals surface area contributed by atoms with Crippen molar-refractivity contribution < 1.29 is 4.74 Å². The lowest BCUT2D eigenvalue weighted by molar-refractivity contribution is 0.127. The summed E-state index contributed by atoms with van der Waals surface area (Å²) in [5, 5.41) is 0. The summed E-state index contributed by atoms with van der Waals surface area (Å²) in [6.45, 7) is 6.47. The van der Waals surface area contributed by atoms with Crippen LogP contribution in [-0.2, 0) is 4.74 Å². The van der Waals surface area contributed by atoms with E-state index in [4.69, 9.17) is 4.74 Å². The van der Waals surface area contributed by atoms with E-state index >= 15 is 0 Å². The zero-order chi connectivity index (χ0) is 18.3. The molecule has 0 radical (unpaired) electrons. The first-order valence-electron chi connectivity index (χ1n) is 12.0. The average Bonchev–Trinajstić information content (AvgIpc) is 2.63. The van der Waals surface area contributed by atoms with Crippen LogP contribution in [0.1, 0.15) is 142 Å². The third kappa shape index (κ3) is 24.0. The number of rotatable bonds is 22. The fourth-order valence-electron chi connectivity index (χ4n) is 3.45. The number of unbranched alkanes of at least 4 members (excludes halogenated alkanes) is 18. The van der Waals surface area contributed by atoms with E-state index in [0.717, 1.165) is 13.2 Å². The van der Waals surface area contributed by atoms with Gasteiger partial charge in [-0.05, 0) is 12.8 Å². The molecule has 0 aromatic heterocycles. The van der Waals surface area contributed by atoms with Crippen molar-refractivity contribution in [1.29, 1.82) is 0 Å². The van der Waals surface area contributed by atoms with Crippen molar-refractivity contribution in [2.45, 2.75) is 142 Å². The SMILES string of the molecule is CCCCCCCCCCCCCCCCCCCCOCCCC. The standard InChI is InChI=1S/C24H50O/c1-3-5-7-8-9-10-11-12-13-14-15-16-17-18-19-20-21-22-24-25-23-6-4-2/h3-24H2,1-2H3. The van der Waals surface area contributed by atoms with Crippen molar-refractivity contribution in [2.75, 3.05) is 13.2 Å². The van der Waals surface area contributed by atoms with E-state index in [-0.39, 0.29) is 0 Å². The smallest absolute Gasteiger partial charge is 0.0466 e. The van der Waals surface area contributed by atoms with Gasteiger partial charge >= 0.3 is 0 Å². The number of hydrogen-bond donors (Lipinski definition) is 0. The second-order valence-corrected chi connectivity index (χ2v) is 7.98. The Balaban J connectivity index is 2.94. The zero-order valence-electron chi connectivity index (χ0n) is 18.0. The van der Waals surface area contributed by atoms with Crippen LogP contribution < -0.4 is 0 Å². The Morgan fingerprint density at radius 2 is 0.600 bits per heavy atom. The molecule has 0 amide bonds. The molecule has 0 rings (SSSR count). The highest BCUT2D eigenvalue weighted by Crippen LogP contribution is 2.14. The van der Waals surface area contributed by atoms with Gasteiger partial charge in [0.05, 0.1) is 0 Å². The summed E-state index contributed by atoms with van der Waals surface area (Å²) in [4.78, 5) is 0. The van der Waals surface area contributed by atoms with Crippen LogP contribution >= 0.6 is 0 Å². The molecule has 0 fully saturated rings. The van der Waals surface area contributed by atoms with Crippen molar-refractivity contribution in [3.63, 3.8) is 0 Å². The molecule has 25 heavy (non-hydrogen) atoms. The Kier molecular flexibility index (Phi) is 23.9. The molecule has 0 N–H and O–H groups in total. The topological polar surface area (TPSA) is 9.23 Å². The van der Waals surface area contributed by atoms with Crippen molar-refractivity contribution >= 4 is 0 Å². The van der Waals surface area contributed by atoms with E-state index in [1.807, 2.05) is 0 Å². The molecule has 0 atom stereocenters. The minimum absolute atomic E-state index is 0.968. The molecule has 0 aromatic rings. The molecule has 152 valence electrons. The van der Waals surface area contributed by atoms with Crippen LogP contribution in [0.3, 0.4) is 0 Å². The molecular weight excluding hydrogens is 304 g/mol. The molecule has 0 unspecified atom stereocenters. The molecule has 0 saturated heterocycles. The van der Waals surface area contributed by atoms with Gasteiger partial charge in [-0.1, -0.05) is 129 Å². The van der Waals surface area contributed by atoms with Gasteiger partial charge in [0.2, 0.25) is 0 Å². The predicted octanol–water partition coefficient (Wildman–Crippen LogP) is 8.84. The summed E-state index contributed by atoms with van der Waals surface area (Å²) in [6, 6.07) is 0. The molecule has 0 bridgehead atoms. The van der Waals surface area contributed by atoms with Gasteiger partial charge in [0.25, 0.3) is 0 Å². The van der Waals surface area contributed by atoms with Crippen molar-refractivity contribution in [1.82, 2.24) is 0 Å². The first kappa shape index (κ1) is 25.0. The molecule has 0 heterocycles. The Hall–Kier alpha value is -0.0400. The van der Waals surface area contributed by atoms with Crippen molar-refractivity contribution in [2.24, 2.45) is 0 Å². The maximum absolute atomic E-state index is 5.60. The summed E-state index contributed by atoms with van der Waals surface area (Å²) in [5.41, 5.74) is 0. The van der Waals surface area contributed by atoms with E-state index in [1.165, 1.54) is 128 Å². The van der Waals surface area contributed by atoms with E-state index in [9.17, 15) is 0 Å². The van der Waals surface area contributed by atoms with Crippen LogP contribution in [0.4, 0.5) is 0 Å². The maximum Gasteiger partial charge on any atom is 0.0466 e. The van der Waals surface area contributed by atoms with Crippen LogP contribution in [0.15, 0.2) is 0 Å². The molecule has 0 spiro atoms. The average molecular weight is 355 g/mol. The van der Waals surface area contributed by atoms with Crippen LogP contribution in [0.25, 0.3) is 0 Å². The van der Waals surface area contributed by atoms with Gasteiger partial charge in [-0.2, -0.15) is 0 Å². The second-order valence-electron chi connectivity index (χ2n) is 7.98. The molecule has 0 aliphatic carbocycles. The van der Waals surface area contributed by atoms with Crippen molar-refractivity contribution in [3.8, 4) is 0 Å². The largest absolute Gasteiger partial charge is 0.381 e. The molecule has 0 aromatic carbocycles. The van der Waals surface area contributed by atoms with Crippen molar-refractivity contribution in [3.05, 3.63) is 0 Å². The molecule has 1 nitrogen and oxygen atoms in total. The summed E-state index contributed by atoms with van der Waals surface area (Å²) < 4.78 is 5.60. The first-order valence-corrected chi connectivity index (χ1v) is 12.0. The Morgan fingerprint density at radius 3 is 0.960 bits per heavy atom. The van der Waals surface area contributed by atoms with Gasteiger partial charge in [-0.15, -0.1) is 0 Å². The first-order chi connectivity index (χ1) is 12.4. The highest BCUT2D eigenvalue weighted by molar-refractivity contribution is 4.50. The monoisotopic (exact) mass is 354 g/mol. The van der Waals surface area contributed by atoms with Crippen LogP contribution in [0.2, 0.25) is 0 Å². The van der Waals surface area contributed by atoms with Gasteiger partial charge in [0.15, 0.2) is 0 Å².